The van der Waals surface area contributed by atoms with Gasteiger partial charge in [0.1, 0.15) is 5.75 Å². The lowest BCUT2D eigenvalue weighted by Gasteiger charge is -2.19. The summed E-state index contributed by atoms with van der Waals surface area (Å²) in [5, 5.41) is 16.5. The first-order valence-corrected chi connectivity index (χ1v) is 8.49. The third kappa shape index (κ3) is 3.77. The van der Waals surface area contributed by atoms with Crippen molar-refractivity contribution in [3.63, 3.8) is 0 Å². The second-order valence-corrected chi connectivity index (χ2v) is 6.00. The van der Waals surface area contributed by atoms with Gasteiger partial charge in [0.05, 0.1) is 31.8 Å². The lowest BCUT2D eigenvalue weighted by Crippen LogP contribution is -2.25. The highest BCUT2D eigenvalue weighted by molar-refractivity contribution is 5.99. The Morgan fingerprint density at radius 1 is 1.10 bits per heavy atom. The Morgan fingerprint density at radius 2 is 1.76 bits per heavy atom. The number of hydrogen-bond acceptors (Lipinski definition) is 8. The number of carbonyl (C=O) groups is 1. The summed E-state index contributed by atoms with van der Waals surface area (Å²) in [5.41, 5.74) is 0.726. The number of hydrogen-bond donors (Lipinski definition) is 0. The number of nitro benzene ring substituents is 1. The lowest BCUT2D eigenvalue weighted by atomic mass is 10.1. The van der Waals surface area contributed by atoms with E-state index in [1.54, 1.807) is 18.2 Å². The zero-order valence-electron chi connectivity index (χ0n) is 16.2. The van der Waals surface area contributed by atoms with Crippen molar-refractivity contribution in [3.05, 3.63) is 57.6 Å². The Balaban J connectivity index is 2.05. The van der Waals surface area contributed by atoms with Gasteiger partial charge in [-0.15, -0.1) is 5.10 Å². The zero-order chi connectivity index (χ0) is 21.1. The molecular formula is C19H19N3O7. The van der Waals surface area contributed by atoms with Crippen LogP contribution in [0.5, 0.6) is 17.2 Å². The van der Waals surface area contributed by atoms with Crippen LogP contribution in [-0.4, -0.2) is 43.1 Å². The first-order valence-electron chi connectivity index (χ1n) is 8.49. The Bertz CT molecular complexity index is 990. The van der Waals surface area contributed by atoms with Crippen molar-refractivity contribution in [2.24, 2.45) is 5.10 Å². The molecular weight excluding hydrogens is 382 g/mol. The van der Waals surface area contributed by atoms with Crippen LogP contribution < -0.4 is 14.2 Å². The van der Waals surface area contributed by atoms with Crippen molar-refractivity contribution in [1.29, 1.82) is 0 Å². The maximum Gasteiger partial charge on any atom is 0.269 e. The van der Waals surface area contributed by atoms with Crippen LogP contribution in [0, 0.1) is 10.1 Å². The van der Waals surface area contributed by atoms with E-state index in [2.05, 4.69) is 5.10 Å². The van der Waals surface area contributed by atoms with Gasteiger partial charge in [-0.05, 0) is 0 Å². The number of rotatable bonds is 6. The maximum atomic E-state index is 12.1. The van der Waals surface area contributed by atoms with E-state index in [0.29, 0.717) is 28.4 Å². The predicted molar refractivity (Wildman–Crippen MR) is 102 cm³/mol. The Hall–Kier alpha value is -3.82. The van der Waals surface area contributed by atoms with Crippen molar-refractivity contribution in [3.8, 4) is 17.2 Å². The fraction of sp³-hybridized carbons (Fsp3) is 0.263. The molecule has 0 saturated heterocycles. The highest BCUT2D eigenvalue weighted by Crippen LogP contribution is 2.38. The number of carbonyl (C=O) groups excluding carboxylic acids is 1. The molecule has 1 amide bonds. The molecule has 0 aliphatic carbocycles. The van der Waals surface area contributed by atoms with Crippen molar-refractivity contribution < 1.29 is 28.7 Å². The van der Waals surface area contributed by atoms with Crippen molar-refractivity contribution in [2.75, 3.05) is 21.3 Å². The van der Waals surface area contributed by atoms with E-state index >= 15 is 0 Å². The number of methoxy groups -OCH3 is 3. The van der Waals surface area contributed by atoms with E-state index in [-0.39, 0.29) is 11.6 Å². The summed E-state index contributed by atoms with van der Waals surface area (Å²) in [7, 11) is 4.45. The van der Waals surface area contributed by atoms with E-state index in [1.807, 2.05) is 0 Å². The van der Waals surface area contributed by atoms with Crippen LogP contribution in [0.3, 0.4) is 0 Å². The largest absolute Gasteiger partial charge is 0.496 e. The number of ether oxygens (including phenoxy) is 4. The smallest absolute Gasteiger partial charge is 0.269 e. The molecule has 0 spiro atoms. The summed E-state index contributed by atoms with van der Waals surface area (Å²) in [6.07, 6.45) is -0.958. The molecule has 0 unspecified atom stereocenters. The number of non-ortho nitro benzene ring substituents is 1. The second-order valence-electron chi connectivity index (χ2n) is 6.00. The molecule has 1 heterocycles. The maximum absolute atomic E-state index is 12.1. The minimum absolute atomic E-state index is 0.106. The monoisotopic (exact) mass is 401 g/mol. The second kappa shape index (κ2) is 8.05. The van der Waals surface area contributed by atoms with Crippen LogP contribution in [0.2, 0.25) is 0 Å². The van der Waals surface area contributed by atoms with E-state index in [9.17, 15) is 14.9 Å². The molecule has 1 aliphatic heterocycles. The molecule has 0 fully saturated rings. The minimum Gasteiger partial charge on any atom is -0.496 e. The molecule has 1 aliphatic rings. The molecule has 2 aromatic carbocycles. The van der Waals surface area contributed by atoms with Gasteiger partial charge >= 0.3 is 0 Å². The highest BCUT2D eigenvalue weighted by Gasteiger charge is 2.35. The number of amides is 1. The van der Waals surface area contributed by atoms with Gasteiger partial charge < -0.3 is 18.9 Å². The summed E-state index contributed by atoms with van der Waals surface area (Å²) in [6, 6.07) is 9.06. The molecule has 10 heteroatoms. The van der Waals surface area contributed by atoms with Gasteiger partial charge in [-0.1, -0.05) is 12.1 Å². The van der Waals surface area contributed by atoms with Crippen LogP contribution in [0.4, 0.5) is 5.69 Å². The molecule has 0 radical (unpaired) electrons. The first kappa shape index (κ1) is 19.9. The minimum atomic E-state index is -0.958. The van der Waals surface area contributed by atoms with Gasteiger partial charge in [-0.2, -0.15) is 5.01 Å². The summed E-state index contributed by atoms with van der Waals surface area (Å²) < 4.78 is 21.9. The standard InChI is InChI=1S/C19H19N3O7/c1-11(23)21-19(12-6-5-7-13(8-12)22(24)25)29-18(20-21)14-9-16(27-3)17(28-4)10-15(14)26-2/h5-10,19H,1-4H3/t19-/m1/s1. The summed E-state index contributed by atoms with van der Waals surface area (Å²) >= 11 is 0. The Labute approximate surface area is 166 Å². The third-order valence-electron chi connectivity index (χ3n) is 4.27. The quantitative estimate of drug-likeness (QED) is 0.540. The molecule has 0 aromatic heterocycles. The van der Waals surface area contributed by atoms with Gasteiger partial charge in [0.2, 0.25) is 18.0 Å². The van der Waals surface area contributed by atoms with Crippen LogP contribution in [0.15, 0.2) is 41.5 Å². The predicted octanol–water partition coefficient (Wildman–Crippen LogP) is 2.86. The van der Waals surface area contributed by atoms with Crippen LogP contribution in [0.25, 0.3) is 0 Å². The van der Waals surface area contributed by atoms with E-state index in [1.165, 1.54) is 46.5 Å². The number of nitro groups is 1. The molecule has 1 atom stereocenters. The zero-order valence-corrected chi connectivity index (χ0v) is 16.2. The Kier molecular flexibility index (Phi) is 5.53. The van der Waals surface area contributed by atoms with E-state index < -0.39 is 17.1 Å². The van der Waals surface area contributed by atoms with Crippen LogP contribution >= 0.6 is 0 Å². The van der Waals surface area contributed by atoms with Crippen LogP contribution in [-0.2, 0) is 9.53 Å². The molecule has 2 aromatic rings. The van der Waals surface area contributed by atoms with Crippen LogP contribution in [0.1, 0.15) is 24.3 Å². The highest BCUT2D eigenvalue weighted by atomic mass is 16.6. The number of benzene rings is 2. The number of nitrogens with zero attached hydrogens (tertiary/aromatic N) is 3. The van der Waals surface area contributed by atoms with Gasteiger partial charge in [-0.3, -0.25) is 14.9 Å². The average molecular weight is 401 g/mol. The fourth-order valence-corrected chi connectivity index (χ4v) is 2.88. The van der Waals surface area contributed by atoms with Gasteiger partial charge in [-0.25, -0.2) is 0 Å². The SMILES string of the molecule is COc1cc(OC)c(C2=NN(C(C)=O)[C@@H](c3cccc([N+](=O)[O-])c3)O2)cc1OC. The van der Waals surface area contributed by atoms with Gasteiger partial charge in [0.15, 0.2) is 11.5 Å². The van der Waals surface area contributed by atoms with E-state index in [4.69, 9.17) is 18.9 Å². The topological polar surface area (TPSA) is 113 Å². The Morgan fingerprint density at radius 3 is 2.34 bits per heavy atom. The molecule has 0 saturated carbocycles. The molecule has 152 valence electrons. The molecule has 10 nitrogen and oxygen atoms in total. The van der Waals surface area contributed by atoms with Gasteiger partial charge in [0, 0.05) is 36.8 Å². The first-order chi connectivity index (χ1) is 13.9. The van der Waals surface area contributed by atoms with E-state index in [0.717, 1.165) is 5.01 Å². The average Bonchev–Trinajstić information content (AvgIpc) is 3.18. The number of hydrazone groups is 1. The van der Waals surface area contributed by atoms with Gasteiger partial charge in [0.25, 0.3) is 5.69 Å². The molecule has 3 rings (SSSR count). The fourth-order valence-electron chi connectivity index (χ4n) is 2.88. The van der Waals surface area contributed by atoms with Crippen molar-refractivity contribution in [2.45, 2.75) is 13.2 Å². The summed E-state index contributed by atoms with van der Waals surface area (Å²) in [4.78, 5) is 22.7. The summed E-state index contributed by atoms with van der Waals surface area (Å²) in [6.45, 7) is 1.33. The van der Waals surface area contributed by atoms with Crippen molar-refractivity contribution >= 4 is 17.5 Å². The molecule has 0 N–H and O–H groups in total. The third-order valence-corrected chi connectivity index (χ3v) is 4.27. The molecule has 0 bridgehead atoms. The lowest BCUT2D eigenvalue weighted by molar-refractivity contribution is -0.385. The van der Waals surface area contributed by atoms with Crippen molar-refractivity contribution in [1.82, 2.24) is 5.01 Å². The summed E-state index contributed by atoms with van der Waals surface area (Å²) in [5.74, 6) is 0.975. The molecule has 29 heavy (non-hydrogen) atoms. The normalized spacial score (nSPS) is 15.4.